The highest BCUT2D eigenvalue weighted by Crippen LogP contribution is 2.31. The first kappa shape index (κ1) is 15.1. The van der Waals surface area contributed by atoms with Gasteiger partial charge in [-0.25, -0.2) is 0 Å². The van der Waals surface area contributed by atoms with Crippen molar-refractivity contribution >= 4 is 23.0 Å². The van der Waals surface area contributed by atoms with Crippen molar-refractivity contribution in [3.63, 3.8) is 0 Å². The van der Waals surface area contributed by atoms with Crippen LogP contribution >= 0.6 is 11.6 Å². The minimum atomic E-state index is -0.355. The zero-order valence-electron chi connectivity index (χ0n) is 11.6. The summed E-state index contributed by atoms with van der Waals surface area (Å²) in [6.07, 6.45) is 3.25. The van der Waals surface area contributed by atoms with Crippen LogP contribution in [0.1, 0.15) is 26.2 Å². The van der Waals surface area contributed by atoms with Crippen molar-refractivity contribution in [2.75, 3.05) is 24.5 Å². The van der Waals surface area contributed by atoms with E-state index in [4.69, 9.17) is 11.6 Å². The van der Waals surface area contributed by atoms with E-state index in [1.165, 1.54) is 12.5 Å². The summed E-state index contributed by atoms with van der Waals surface area (Å²) in [6, 6.07) is 5.32. The van der Waals surface area contributed by atoms with Crippen molar-refractivity contribution in [3.05, 3.63) is 33.3 Å². The van der Waals surface area contributed by atoms with Crippen molar-refractivity contribution < 1.29 is 4.92 Å². The minimum absolute atomic E-state index is 0.0870. The second-order valence-corrected chi connectivity index (χ2v) is 5.57. The minimum Gasteiger partial charge on any atom is -0.364 e. The van der Waals surface area contributed by atoms with Crippen molar-refractivity contribution in [1.29, 1.82) is 0 Å². The molecule has 0 spiro atoms. The molecule has 1 aliphatic heterocycles. The normalized spacial score (nSPS) is 18.2. The van der Waals surface area contributed by atoms with Crippen LogP contribution in [0.5, 0.6) is 0 Å². The Morgan fingerprint density at radius 1 is 1.55 bits per heavy atom. The molecule has 0 bridgehead atoms. The molecule has 0 aromatic heterocycles. The van der Waals surface area contributed by atoms with E-state index < -0.39 is 0 Å². The molecule has 5 nitrogen and oxygen atoms in total. The molecule has 1 N–H and O–H groups in total. The third kappa shape index (κ3) is 3.61. The third-order valence-corrected chi connectivity index (χ3v) is 3.81. The molecule has 0 saturated carbocycles. The zero-order chi connectivity index (χ0) is 14.5. The Bertz CT molecular complexity index is 475. The summed E-state index contributed by atoms with van der Waals surface area (Å²) in [6.45, 7) is 4.72. The van der Waals surface area contributed by atoms with E-state index in [0.29, 0.717) is 16.8 Å². The molecule has 1 fully saturated rings. The van der Waals surface area contributed by atoms with Crippen LogP contribution in [0, 0.1) is 10.1 Å². The van der Waals surface area contributed by atoms with E-state index in [-0.39, 0.29) is 10.6 Å². The van der Waals surface area contributed by atoms with Crippen molar-refractivity contribution in [1.82, 2.24) is 5.32 Å². The number of nitro benzene ring substituents is 1. The van der Waals surface area contributed by atoms with Gasteiger partial charge in [0.2, 0.25) is 0 Å². The van der Waals surface area contributed by atoms with Gasteiger partial charge in [0.1, 0.15) is 5.69 Å². The van der Waals surface area contributed by atoms with E-state index in [9.17, 15) is 10.1 Å². The van der Waals surface area contributed by atoms with Crippen LogP contribution in [0.4, 0.5) is 11.4 Å². The summed E-state index contributed by atoms with van der Waals surface area (Å²) < 4.78 is 0. The van der Waals surface area contributed by atoms with Gasteiger partial charge in [-0.15, -0.1) is 0 Å². The first-order valence-corrected chi connectivity index (χ1v) is 7.42. The van der Waals surface area contributed by atoms with Crippen molar-refractivity contribution in [2.24, 2.45) is 0 Å². The summed E-state index contributed by atoms with van der Waals surface area (Å²) >= 11 is 5.88. The quantitative estimate of drug-likeness (QED) is 0.647. The fraction of sp³-hybridized carbons (Fsp3) is 0.571. The van der Waals surface area contributed by atoms with Crippen LogP contribution < -0.4 is 10.2 Å². The summed E-state index contributed by atoms with van der Waals surface area (Å²) in [5.41, 5.74) is 0.749. The van der Waals surface area contributed by atoms with Crippen LogP contribution in [-0.2, 0) is 0 Å². The summed E-state index contributed by atoms with van der Waals surface area (Å²) in [5, 5.41) is 15.1. The Hall–Kier alpha value is -1.33. The smallest absolute Gasteiger partial charge is 0.294 e. The summed E-state index contributed by atoms with van der Waals surface area (Å²) in [5.74, 6) is 0. The highest BCUT2D eigenvalue weighted by molar-refractivity contribution is 6.30. The largest absolute Gasteiger partial charge is 0.364 e. The molecule has 6 heteroatoms. The molecule has 1 saturated heterocycles. The maximum Gasteiger partial charge on any atom is 0.294 e. The van der Waals surface area contributed by atoms with Gasteiger partial charge in [-0.05, 0) is 37.9 Å². The monoisotopic (exact) mass is 297 g/mol. The molecular weight excluding hydrogens is 278 g/mol. The molecule has 1 heterocycles. The lowest BCUT2D eigenvalue weighted by Gasteiger charge is -2.27. The Kier molecular flexibility index (Phi) is 5.20. The SMILES string of the molecule is CCCN(CC1CCCN1)c1ccc(Cl)cc1[N+](=O)[O-]. The van der Waals surface area contributed by atoms with Gasteiger partial charge in [-0.2, -0.15) is 0 Å². The number of nitrogens with one attached hydrogen (secondary N) is 1. The average molecular weight is 298 g/mol. The zero-order valence-corrected chi connectivity index (χ0v) is 12.4. The molecule has 20 heavy (non-hydrogen) atoms. The summed E-state index contributed by atoms with van der Waals surface area (Å²) in [4.78, 5) is 13.0. The van der Waals surface area contributed by atoms with E-state index in [1.807, 2.05) is 0 Å². The lowest BCUT2D eigenvalue weighted by atomic mass is 10.1. The molecule has 110 valence electrons. The standard InChI is InChI=1S/C14H20ClN3O2/c1-2-8-17(10-12-4-3-7-16-12)13-6-5-11(15)9-14(13)18(19)20/h5-6,9,12,16H,2-4,7-8,10H2,1H3. The van der Waals surface area contributed by atoms with Gasteiger partial charge in [0.15, 0.2) is 0 Å². The highest BCUT2D eigenvalue weighted by Gasteiger charge is 2.23. The molecule has 1 unspecified atom stereocenters. The van der Waals surface area contributed by atoms with Gasteiger partial charge in [-0.3, -0.25) is 10.1 Å². The molecular formula is C14H20ClN3O2. The van der Waals surface area contributed by atoms with Gasteiger partial charge in [0, 0.05) is 30.2 Å². The van der Waals surface area contributed by atoms with Gasteiger partial charge in [0.05, 0.1) is 4.92 Å². The van der Waals surface area contributed by atoms with Gasteiger partial charge in [-0.1, -0.05) is 18.5 Å². The highest BCUT2D eigenvalue weighted by atomic mass is 35.5. The fourth-order valence-corrected chi connectivity index (χ4v) is 2.84. The third-order valence-electron chi connectivity index (χ3n) is 3.57. The predicted molar refractivity (Wildman–Crippen MR) is 81.6 cm³/mol. The number of anilines is 1. The first-order valence-electron chi connectivity index (χ1n) is 7.04. The molecule has 0 amide bonds. The number of hydrogen-bond acceptors (Lipinski definition) is 4. The fourth-order valence-electron chi connectivity index (χ4n) is 2.67. The van der Waals surface area contributed by atoms with Gasteiger partial charge >= 0.3 is 0 Å². The van der Waals surface area contributed by atoms with Crippen LogP contribution in [0.15, 0.2) is 18.2 Å². The topological polar surface area (TPSA) is 58.4 Å². The molecule has 1 atom stereocenters. The molecule has 0 aliphatic carbocycles. The predicted octanol–water partition coefficient (Wildman–Crippen LogP) is 3.22. The van der Waals surface area contributed by atoms with Crippen molar-refractivity contribution in [3.8, 4) is 0 Å². The number of benzene rings is 1. The second kappa shape index (κ2) is 6.90. The first-order chi connectivity index (χ1) is 9.61. The maximum atomic E-state index is 11.2. The lowest BCUT2D eigenvalue weighted by Crippen LogP contribution is -2.38. The molecule has 1 aliphatic rings. The Labute approximate surface area is 124 Å². The number of halogens is 1. The van der Waals surface area contributed by atoms with E-state index >= 15 is 0 Å². The van der Waals surface area contributed by atoms with Gasteiger partial charge in [0.25, 0.3) is 5.69 Å². The molecule has 1 aromatic rings. The van der Waals surface area contributed by atoms with E-state index in [0.717, 1.165) is 32.5 Å². The maximum absolute atomic E-state index is 11.2. The second-order valence-electron chi connectivity index (χ2n) is 5.13. The van der Waals surface area contributed by atoms with Crippen LogP contribution in [0.2, 0.25) is 5.02 Å². The Morgan fingerprint density at radius 3 is 2.95 bits per heavy atom. The molecule has 1 aromatic carbocycles. The number of nitro groups is 1. The molecule has 2 rings (SSSR count). The average Bonchev–Trinajstić information content (AvgIpc) is 2.91. The van der Waals surface area contributed by atoms with Gasteiger partial charge < -0.3 is 10.2 Å². The Morgan fingerprint density at radius 2 is 2.35 bits per heavy atom. The van der Waals surface area contributed by atoms with E-state index in [2.05, 4.69) is 17.1 Å². The number of hydrogen-bond donors (Lipinski definition) is 1. The number of rotatable bonds is 6. The van der Waals surface area contributed by atoms with Crippen molar-refractivity contribution in [2.45, 2.75) is 32.2 Å². The van der Waals surface area contributed by atoms with Crippen LogP contribution in [-0.4, -0.2) is 30.6 Å². The summed E-state index contributed by atoms with van der Waals surface area (Å²) in [7, 11) is 0. The lowest BCUT2D eigenvalue weighted by molar-refractivity contribution is -0.384. The molecule has 0 radical (unpaired) electrons. The Balaban J connectivity index is 2.25. The van der Waals surface area contributed by atoms with Crippen LogP contribution in [0.3, 0.4) is 0 Å². The number of nitrogens with zero attached hydrogens (tertiary/aromatic N) is 2. The van der Waals surface area contributed by atoms with Crippen LogP contribution in [0.25, 0.3) is 0 Å². The van der Waals surface area contributed by atoms with E-state index in [1.54, 1.807) is 12.1 Å².